The number of pyridine rings is 1. The molecule has 0 spiro atoms. The fourth-order valence-corrected chi connectivity index (χ4v) is 2.75. The number of hydrogen-bond donors (Lipinski definition) is 1. The van der Waals surface area contributed by atoms with E-state index >= 15 is 0 Å². The lowest BCUT2D eigenvalue weighted by Crippen LogP contribution is -2.33. The zero-order valence-electron chi connectivity index (χ0n) is 14.6. The first-order chi connectivity index (χ1) is 11.5. The highest BCUT2D eigenvalue weighted by Crippen LogP contribution is 2.21. The van der Waals surface area contributed by atoms with Crippen molar-refractivity contribution in [2.45, 2.75) is 39.4 Å². The van der Waals surface area contributed by atoms with Gasteiger partial charge in [-0.25, -0.2) is 0 Å². The molecule has 2 unspecified atom stereocenters. The molecule has 6 nitrogen and oxygen atoms in total. The van der Waals surface area contributed by atoms with Crippen LogP contribution in [0.15, 0.2) is 43.1 Å². The molecular weight excluding hydrogens is 300 g/mol. The molecule has 1 N–H and O–H groups in total. The average Bonchev–Trinajstić information content (AvgIpc) is 3.18. The summed E-state index contributed by atoms with van der Waals surface area (Å²) in [7, 11) is 1.95. The van der Waals surface area contributed by atoms with E-state index in [9.17, 15) is 0 Å². The molecule has 0 aliphatic carbocycles. The predicted molar refractivity (Wildman–Crippen MR) is 94.4 cm³/mol. The molecule has 3 aromatic heterocycles. The van der Waals surface area contributed by atoms with Crippen LogP contribution in [0.25, 0.3) is 11.3 Å². The van der Waals surface area contributed by atoms with E-state index in [1.807, 2.05) is 34.7 Å². The predicted octanol–water partition coefficient (Wildman–Crippen LogP) is 2.73. The van der Waals surface area contributed by atoms with Gasteiger partial charge < -0.3 is 5.32 Å². The van der Waals surface area contributed by atoms with E-state index in [4.69, 9.17) is 0 Å². The summed E-state index contributed by atoms with van der Waals surface area (Å²) in [4.78, 5) is 4.08. The second kappa shape index (κ2) is 6.97. The van der Waals surface area contributed by atoms with Crippen molar-refractivity contribution in [1.29, 1.82) is 0 Å². The Balaban J connectivity index is 1.71. The smallest absolute Gasteiger partial charge is 0.0969 e. The monoisotopic (exact) mass is 324 g/mol. The number of hydrogen-bond acceptors (Lipinski definition) is 4. The number of aryl methyl sites for hydroxylation is 2. The molecule has 0 saturated carbocycles. The van der Waals surface area contributed by atoms with Crippen LogP contribution in [-0.2, 0) is 13.6 Å². The first-order valence-corrected chi connectivity index (χ1v) is 8.21. The van der Waals surface area contributed by atoms with Crippen molar-refractivity contribution in [2.24, 2.45) is 7.05 Å². The lowest BCUT2D eigenvalue weighted by molar-refractivity contribution is 0.365. The number of aromatic nitrogens is 5. The molecular formula is C18H24N6. The van der Waals surface area contributed by atoms with Crippen LogP contribution in [0.5, 0.6) is 0 Å². The summed E-state index contributed by atoms with van der Waals surface area (Å²) in [6.07, 6.45) is 9.64. The lowest BCUT2D eigenvalue weighted by Gasteiger charge is -2.21. The van der Waals surface area contributed by atoms with Crippen molar-refractivity contribution in [3.63, 3.8) is 0 Å². The van der Waals surface area contributed by atoms with Crippen LogP contribution in [0.2, 0.25) is 0 Å². The molecule has 0 radical (unpaired) electrons. The van der Waals surface area contributed by atoms with E-state index < -0.39 is 0 Å². The minimum Gasteiger partial charge on any atom is -0.308 e. The molecule has 0 fully saturated rings. The minimum atomic E-state index is 0.278. The molecule has 0 aliphatic rings. The molecule has 6 heteroatoms. The fraction of sp³-hybridized carbons (Fsp3) is 0.389. The van der Waals surface area contributed by atoms with Crippen LogP contribution < -0.4 is 5.32 Å². The second-order valence-electron chi connectivity index (χ2n) is 6.32. The minimum absolute atomic E-state index is 0.278. The summed E-state index contributed by atoms with van der Waals surface area (Å²) in [5.74, 6) is 0. The van der Waals surface area contributed by atoms with E-state index in [0.717, 1.165) is 17.8 Å². The number of nitrogens with one attached hydrogen (secondary N) is 1. The Morgan fingerprint density at radius 2 is 1.92 bits per heavy atom. The van der Waals surface area contributed by atoms with Crippen molar-refractivity contribution >= 4 is 0 Å². The van der Waals surface area contributed by atoms with Gasteiger partial charge in [-0.2, -0.15) is 10.2 Å². The van der Waals surface area contributed by atoms with Crippen molar-refractivity contribution in [3.05, 3.63) is 54.2 Å². The lowest BCUT2D eigenvalue weighted by atomic mass is 10.1. The Labute approximate surface area is 142 Å². The molecule has 0 amide bonds. The van der Waals surface area contributed by atoms with Crippen molar-refractivity contribution in [3.8, 4) is 11.3 Å². The first-order valence-electron chi connectivity index (χ1n) is 8.21. The zero-order valence-corrected chi connectivity index (χ0v) is 14.6. The first kappa shape index (κ1) is 16.4. The van der Waals surface area contributed by atoms with Gasteiger partial charge in [0.1, 0.15) is 0 Å². The summed E-state index contributed by atoms with van der Waals surface area (Å²) < 4.78 is 3.87. The van der Waals surface area contributed by atoms with Crippen LogP contribution >= 0.6 is 0 Å². The van der Waals surface area contributed by atoms with Crippen LogP contribution in [-0.4, -0.2) is 30.6 Å². The number of rotatable bonds is 6. The van der Waals surface area contributed by atoms with E-state index in [1.165, 1.54) is 11.1 Å². The molecule has 0 aromatic carbocycles. The summed E-state index contributed by atoms with van der Waals surface area (Å²) in [6, 6.07) is 4.55. The maximum atomic E-state index is 4.60. The van der Waals surface area contributed by atoms with Gasteiger partial charge in [0, 0.05) is 55.5 Å². The van der Waals surface area contributed by atoms with E-state index in [0.29, 0.717) is 0 Å². The maximum absolute atomic E-state index is 4.60. The summed E-state index contributed by atoms with van der Waals surface area (Å²) in [6.45, 7) is 7.18. The normalized spacial score (nSPS) is 13.8. The van der Waals surface area contributed by atoms with Gasteiger partial charge in [0.2, 0.25) is 0 Å². The SMILES string of the molecule is Cc1cnn(C(C)C(C)NCc2cn(C)nc2-c2ccncc2)c1. The summed E-state index contributed by atoms with van der Waals surface area (Å²) in [5.41, 5.74) is 4.45. The third kappa shape index (κ3) is 3.54. The van der Waals surface area contributed by atoms with Gasteiger partial charge in [-0.3, -0.25) is 14.3 Å². The third-order valence-electron chi connectivity index (χ3n) is 4.34. The molecule has 0 bridgehead atoms. The molecule has 3 aromatic rings. The summed E-state index contributed by atoms with van der Waals surface area (Å²) in [5, 5.41) is 12.6. The van der Waals surface area contributed by atoms with E-state index in [1.54, 1.807) is 12.4 Å². The second-order valence-corrected chi connectivity index (χ2v) is 6.32. The van der Waals surface area contributed by atoms with Gasteiger partial charge in [-0.15, -0.1) is 0 Å². The van der Waals surface area contributed by atoms with Gasteiger partial charge in [0.05, 0.1) is 17.9 Å². The van der Waals surface area contributed by atoms with Gasteiger partial charge in [0.15, 0.2) is 0 Å². The average molecular weight is 324 g/mol. The Bertz CT molecular complexity index is 789. The fourth-order valence-electron chi connectivity index (χ4n) is 2.75. The maximum Gasteiger partial charge on any atom is 0.0969 e. The van der Waals surface area contributed by atoms with Gasteiger partial charge >= 0.3 is 0 Å². The van der Waals surface area contributed by atoms with Crippen LogP contribution in [0.1, 0.15) is 31.0 Å². The molecule has 0 aliphatic heterocycles. The Morgan fingerprint density at radius 3 is 2.58 bits per heavy atom. The highest BCUT2D eigenvalue weighted by molar-refractivity contribution is 5.61. The standard InChI is InChI=1S/C18H24N6/c1-13-9-21-24(11-13)15(3)14(2)20-10-17-12-23(4)22-18(17)16-5-7-19-8-6-16/h5-9,11-12,14-15,20H,10H2,1-4H3. The highest BCUT2D eigenvalue weighted by Gasteiger charge is 2.16. The van der Waals surface area contributed by atoms with E-state index in [-0.39, 0.29) is 12.1 Å². The number of nitrogens with zero attached hydrogens (tertiary/aromatic N) is 5. The van der Waals surface area contributed by atoms with Gasteiger partial charge in [-0.05, 0) is 38.5 Å². The van der Waals surface area contributed by atoms with Gasteiger partial charge in [-0.1, -0.05) is 0 Å². The van der Waals surface area contributed by atoms with Gasteiger partial charge in [0.25, 0.3) is 0 Å². The Hall–Kier alpha value is -2.47. The third-order valence-corrected chi connectivity index (χ3v) is 4.34. The highest BCUT2D eigenvalue weighted by atomic mass is 15.3. The quantitative estimate of drug-likeness (QED) is 0.757. The molecule has 0 saturated heterocycles. The van der Waals surface area contributed by atoms with Crippen LogP contribution in [0.4, 0.5) is 0 Å². The van der Waals surface area contributed by atoms with Crippen molar-refractivity contribution < 1.29 is 0 Å². The summed E-state index contributed by atoms with van der Waals surface area (Å²) >= 11 is 0. The molecule has 24 heavy (non-hydrogen) atoms. The topological polar surface area (TPSA) is 60.6 Å². The zero-order chi connectivity index (χ0) is 17.1. The largest absolute Gasteiger partial charge is 0.308 e. The van der Waals surface area contributed by atoms with Crippen molar-refractivity contribution in [1.82, 2.24) is 29.9 Å². The Morgan fingerprint density at radius 1 is 1.17 bits per heavy atom. The van der Waals surface area contributed by atoms with Crippen LogP contribution in [0, 0.1) is 6.92 Å². The Kier molecular flexibility index (Phi) is 4.76. The van der Waals surface area contributed by atoms with E-state index in [2.05, 4.69) is 53.7 Å². The van der Waals surface area contributed by atoms with Crippen molar-refractivity contribution in [2.75, 3.05) is 0 Å². The molecule has 2 atom stereocenters. The van der Waals surface area contributed by atoms with Crippen LogP contribution in [0.3, 0.4) is 0 Å². The molecule has 126 valence electrons. The molecule has 3 heterocycles. The molecule has 3 rings (SSSR count).